The van der Waals surface area contributed by atoms with Gasteiger partial charge in [-0.15, -0.1) is 23.5 Å². The van der Waals surface area contributed by atoms with Gasteiger partial charge < -0.3 is 38.6 Å². The fraction of sp³-hybridized carbons (Fsp3) is 0.409. The Morgan fingerprint density at radius 3 is 1.29 bits per heavy atom. The van der Waals surface area contributed by atoms with Crippen molar-refractivity contribution in [1.29, 1.82) is 0 Å². The zero-order valence-electron chi connectivity index (χ0n) is 30.8. The van der Waals surface area contributed by atoms with Crippen molar-refractivity contribution in [1.82, 2.24) is 0 Å². The number of fused-ring (bicyclic) bond motifs is 2. The van der Waals surface area contributed by atoms with E-state index in [0.29, 0.717) is 24.3 Å². The highest BCUT2D eigenvalue weighted by Crippen LogP contribution is 2.54. The van der Waals surface area contributed by atoms with E-state index in [-0.39, 0.29) is 23.3 Å². The summed E-state index contributed by atoms with van der Waals surface area (Å²) in [5.41, 5.74) is 0.514. The fourth-order valence-electron chi connectivity index (χ4n) is 8.12. The molecule has 4 aliphatic rings. The maximum absolute atomic E-state index is 13.6. The molecule has 0 radical (unpaired) electrons. The van der Waals surface area contributed by atoms with Gasteiger partial charge in [-0.2, -0.15) is 0 Å². The summed E-state index contributed by atoms with van der Waals surface area (Å²) in [7, 11) is 0. The van der Waals surface area contributed by atoms with Gasteiger partial charge in [0, 0.05) is 34.1 Å². The van der Waals surface area contributed by atoms with Crippen LogP contribution in [0.15, 0.2) is 131 Å². The molecule has 56 heavy (non-hydrogen) atoms. The number of aliphatic hydroxyl groups is 2. The zero-order chi connectivity index (χ0) is 38.5. The van der Waals surface area contributed by atoms with Crippen LogP contribution in [0.2, 0.25) is 0 Å². The van der Waals surface area contributed by atoms with E-state index in [2.05, 4.69) is 24.3 Å². The predicted molar refractivity (Wildman–Crippen MR) is 210 cm³/mol. The normalized spacial score (nSPS) is 32.7. The van der Waals surface area contributed by atoms with Crippen molar-refractivity contribution in [2.75, 3.05) is 11.5 Å². The number of carbonyl (C=O) groups excluding carboxylic acids is 2. The Morgan fingerprint density at radius 2 is 0.911 bits per heavy atom. The first-order valence-electron chi connectivity index (χ1n) is 19.3. The third-order valence-corrected chi connectivity index (χ3v) is 13.2. The summed E-state index contributed by atoms with van der Waals surface area (Å²) in [6.07, 6.45) is -5.42. The molecule has 4 aromatic rings. The second kappa shape index (κ2) is 17.4. The number of esters is 2. The van der Waals surface area contributed by atoms with Crippen LogP contribution in [0.5, 0.6) is 0 Å². The lowest BCUT2D eigenvalue weighted by molar-refractivity contribution is -0.507. The van der Waals surface area contributed by atoms with Gasteiger partial charge in [0.25, 0.3) is 0 Å². The largest absolute Gasteiger partial charge is 0.453 e. The molecule has 4 aromatic carbocycles. The van der Waals surface area contributed by atoms with Gasteiger partial charge in [-0.1, -0.05) is 72.8 Å². The third kappa shape index (κ3) is 8.30. The molecular formula is C44H46O10S2. The van der Waals surface area contributed by atoms with E-state index >= 15 is 0 Å². The van der Waals surface area contributed by atoms with Crippen LogP contribution < -0.4 is 0 Å². The number of ether oxygens (including phenoxy) is 6. The molecule has 0 amide bonds. The topological polar surface area (TPSA) is 130 Å². The first kappa shape index (κ1) is 39.1. The van der Waals surface area contributed by atoms with Gasteiger partial charge in [-0.3, -0.25) is 0 Å². The lowest BCUT2D eigenvalue weighted by Gasteiger charge is -2.62. The fourth-order valence-corrected chi connectivity index (χ4v) is 10.0. The number of benzene rings is 4. The molecule has 1 aliphatic carbocycles. The molecule has 2 N–H and O–H groups in total. The number of carbonyl (C=O) groups is 2. The van der Waals surface area contributed by atoms with Gasteiger partial charge >= 0.3 is 11.9 Å². The average Bonchev–Trinajstić information content (AvgIpc) is 3.25. The Balaban J connectivity index is 1.15. The molecule has 10 atom stereocenters. The molecule has 3 saturated heterocycles. The molecule has 12 heteroatoms. The monoisotopic (exact) mass is 798 g/mol. The molecule has 2 spiro atoms. The maximum atomic E-state index is 13.6. The standard InChI is InChI=1S/C44H46O10S2/c45-35-36(46)38(50-42(48)30-17-7-2-8-18-30)40-39(37(35)49-41(47)29-15-5-1-6-16-29)53-43(25-13-19-31(51-43)27-55-33-21-9-3-10-22-33)44(54-40)26-14-20-32(52-44)28-56-34-23-11-4-12-24-34/h1-12,15-18,21-24,31-32,35-40,45-46H,13-14,19-20,25-28H2/t31-,32-,35+,36+,37-,38+,39+,40+,43-,44-/m0/s1. The smallest absolute Gasteiger partial charge is 0.338 e. The maximum Gasteiger partial charge on any atom is 0.338 e. The van der Waals surface area contributed by atoms with Crippen LogP contribution in [0.25, 0.3) is 0 Å². The number of hydrogen-bond donors (Lipinski definition) is 2. The van der Waals surface area contributed by atoms with E-state index in [9.17, 15) is 19.8 Å². The number of thioether (sulfide) groups is 2. The number of rotatable bonds is 10. The van der Waals surface area contributed by atoms with E-state index in [1.807, 2.05) is 36.4 Å². The van der Waals surface area contributed by atoms with E-state index < -0.39 is 60.1 Å². The minimum atomic E-state index is -1.71. The van der Waals surface area contributed by atoms with Crippen molar-refractivity contribution < 1.29 is 48.2 Å². The zero-order valence-corrected chi connectivity index (χ0v) is 32.4. The van der Waals surface area contributed by atoms with Gasteiger partial charge in [0.2, 0.25) is 11.6 Å². The van der Waals surface area contributed by atoms with Crippen molar-refractivity contribution in [3.05, 3.63) is 132 Å². The van der Waals surface area contributed by atoms with Crippen LogP contribution in [-0.2, 0) is 28.4 Å². The molecule has 10 nitrogen and oxygen atoms in total. The Labute approximate surface area is 335 Å². The summed E-state index contributed by atoms with van der Waals surface area (Å²) >= 11 is 3.37. The highest BCUT2D eigenvalue weighted by Gasteiger charge is 2.70. The molecule has 0 unspecified atom stereocenters. The average molecular weight is 799 g/mol. The molecule has 0 aromatic heterocycles. The Morgan fingerprint density at radius 1 is 0.554 bits per heavy atom. The number of hydrogen-bond acceptors (Lipinski definition) is 12. The predicted octanol–water partition coefficient (Wildman–Crippen LogP) is 7.07. The van der Waals surface area contributed by atoms with Gasteiger partial charge in [0.1, 0.15) is 24.4 Å². The van der Waals surface area contributed by atoms with Crippen LogP contribution in [0, 0.1) is 0 Å². The molecule has 4 fully saturated rings. The van der Waals surface area contributed by atoms with E-state index in [1.54, 1.807) is 84.2 Å². The number of aliphatic hydroxyl groups excluding tert-OH is 2. The Bertz CT molecular complexity index is 1770. The van der Waals surface area contributed by atoms with Crippen LogP contribution in [-0.4, -0.2) is 94.1 Å². The van der Waals surface area contributed by atoms with Gasteiger partial charge in [0.05, 0.1) is 23.3 Å². The molecular weight excluding hydrogens is 753 g/mol. The first-order valence-corrected chi connectivity index (χ1v) is 21.3. The summed E-state index contributed by atoms with van der Waals surface area (Å²) in [5, 5.41) is 23.5. The van der Waals surface area contributed by atoms with Gasteiger partial charge in [0.15, 0.2) is 12.2 Å². The van der Waals surface area contributed by atoms with Gasteiger partial charge in [-0.05, 0) is 74.2 Å². The molecule has 0 bridgehead atoms. The Kier molecular flexibility index (Phi) is 12.2. The lowest BCUT2D eigenvalue weighted by atomic mass is 9.80. The van der Waals surface area contributed by atoms with Crippen molar-refractivity contribution in [2.24, 2.45) is 0 Å². The summed E-state index contributed by atoms with van der Waals surface area (Å²) in [6, 6.07) is 37.0. The molecule has 3 aliphatic heterocycles. The highest BCUT2D eigenvalue weighted by molar-refractivity contribution is 7.99. The summed E-state index contributed by atoms with van der Waals surface area (Å²) in [4.78, 5) is 29.4. The van der Waals surface area contributed by atoms with Crippen molar-refractivity contribution in [3.8, 4) is 0 Å². The molecule has 294 valence electrons. The minimum absolute atomic E-state index is 0.257. The van der Waals surface area contributed by atoms with Crippen LogP contribution in [0.4, 0.5) is 0 Å². The Hall–Kier alpha value is -3.72. The lowest BCUT2D eigenvalue weighted by Crippen LogP contribution is -2.78. The van der Waals surface area contributed by atoms with E-state index in [4.69, 9.17) is 28.4 Å². The van der Waals surface area contributed by atoms with Crippen LogP contribution in [0.1, 0.15) is 59.2 Å². The SMILES string of the molecule is O=C(O[C@@H]1[C@H](O)[C@@H](O)[C@H](OC(=O)c2ccccc2)[C@H]2O[C@@]3(CCC[C@@H](CSc4ccccc4)O3)[C@]3(CCC[C@@H](CSc4ccccc4)O3)O[C@@H]21)c1ccccc1. The molecule has 3 heterocycles. The van der Waals surface area contributed by atoms with Crippen LogP contribution >= 0.6 is 23.5 Å². The summed E-state index contributed by atoms with van der Waals surface area (Å²) in [5.74, 6) is -3.14. The third-order valence-electron chi connectivity index (χ3n) is 10.9. The molecule has 1 saturated carbocycles. The second-order valence-electron chi connectivity index (χ2n) is 14.6. The molecule has 8 rings (SSSR count). The summed E-state index contributed by atoms with van der Waals surface area (Å²) in [6.45, 7) is 0. The highest BCUT2D eigenvalue weighted by atomic mass is 32.2. The van der Waals surface area contributed by atoms with Crippen LogP contribution in [0.3, 0.4) is 0 Å². The van der Waals surface area contributed by atoms with Crippen molar-refractivity contribution in [2.45, 2.75) is 109 Å². The van der Waals surface area contributed by atoms with Gasteiger partial charge in [-0.25, -0.2) is 9.59 Å². The first-order chi connectivity index (χ1) is 27.3. The van der Waals surface area contributed by atoms with E-state index in [0.717, 1.165) is 35.5 Å². The minimum Gasteiger partial charge on any atom is -0.453 e. The van der Waals surface area contributed by atoms with Crippen molar-refractivity contribution >= 4 is 35.5 Å². The van der Waals surface area contributed by atoms with E-state index in [1.165, 1.54) is 0 Å². The quantitative estimate of drug-likeness (QED) is 0.126. The summed E-state index contributed by atoms with van der Waals surface area (Å²) < 4.78 is 40.5. The second-order valence-corrected chi connectivity index (χ2v) is 16.8. The van der Waals surface area contributed by atoms with Crippen molar-refractivity contribution in [3.63, 3.8) is 0 Å².